The zero-order valence-electron chi connectivity index (χ0n) is 18.8. The van der Waals surface area contributed by atoms with Gasteiger partial charge in [-0.25, -0.2) is 8.42 Å². The Kier molecular flexibility index (Phi) is 6.96. The average Bonchev–Trinajstić information content (AvgIpc) is 2.84. The van der Waals surface area contributed by atoms with Gasteiger partial charge in [0.1, 0.15) is 5.75 Å². The highest BCUT2D eigenvalue weighted by Crippen LogP contribution is 2.36. The Labute approximate surface area is 199 Å². The van der Waals surface area contributed by atoms with Crippen molar-refractivity contribution in [3.8, 4) is 11.8 Å². The number of fused-ring (bicyclic) bond motifs is 1. The third kappa shape index (κ3) is 4.96. The smallest absolute Gasteiger partial charge is 0.243 e. The molecule has 0 radical (unpaired) electrons. The minimum Gasteiger partial charge on any atom is -0.494 e. The van der Waals surface area contributed by atoms with Gasteiger partial charge in [-0.1, -0.05) is 30.3 Å². The molecule has 1 amide bonds. The zero-order valence-corrected chi connectivity index (χ0v) is 19.6. The van der Waals surface area contributed by atoms with E-state index in [0.29, 0.717) is 30.0 Å². The summed E-state index contributed by atoms with van der Waals surface area (Å²) in [5.41, 5.74) is 2.78. The summed E-state index contributed by atoms with van der Waals surface area (Å²) in [6.07, 6.45) is 0.513. The molecule has 1 unspecified atom stereocenters. The lowest BCUT2D eigenvalue weighted by atomic mass is 9.92. The minimum atomic E-state index is -3.86. The van der Waals surface area contributed by atoms with E-state index in [1.807, 2.05) is 37.3 Å². The van der Waals surface area contributed by atoms with E-state index in [0.717, 1.165) is 11.1 Å². The Balaban J connectivity index is 1.63. The van der Waals surface area contributed by atoms with Crippen molar-refractivity contribution in [2.45, 2.75) is 30.7 Å². The molecule has 0 saturated carbocycles. The van der Waals surface area contributed by atoms with Crippen molar-refractivity contribution in [2.75, 3.05) is 18.5 Å². The molecule has 0 spiro atoms. The molecule has 174 valence electrons. The Bertz CT molecular complexity index is 1330. The average molecular weight is 476 g/mol. The van der Waals surface area contributed by atoms with Crippen LogP contribution < -0.4 is 10.1 Å². The molecule has 8 heteroatoms. The van der Waals surface area contributed by atoms with E-state index in [2.05, 4.69) is 5.32 Å². The van der Waals surface area contributed by atoms with Gasteiger partial charge in [-0.05, 0) is 66.9 Å². The maximum atomic E-state index is 13.6. The van der Waals surface area contributed by atoms with E-state index in [1.54, 1.807) is 36.4 Å². The Morgan fingerprint density at radius 2 is 1.88 bits per heavy atom. The SMILES string of the molecule is CCOc1ccc(S(=O)(=O)N2CCc3ccccc3C2CC(=O)Nc2cccc(C#N)c2)cc1. The Hall–Kier alpha value is -3.67. The second-order valence-electron chi connectivity index (χ2n) is 7.93. The molecule has 1 aliphatic heterocycles. The quantitative estimate of drug-likeness (QED) is 0.550. The van der Waals surface area contributed by atoms with E-state index in [9.17, 15) is 13.2 Å². The number of nitrogens with zero attached hydrogens (tertiary/aromatic N) is 2. The van der Waals surface area contributed by atoms with Crippen molar-refractivity contribution in [3.05, 3.63) is 89.5 Å². The molecular weight excluding hydrogens is 450 g/mol. The molecule has 0 saturated heterocycles. The molecule has 34 heavy (non-hydrogen) atoms. The summed E-state index contributed by atoms with van der Waals surface area (Å²) in [6.45, 7) is 2.62. The molecule has 1 atom stereocenters. The van der Waals surface area contributed by atoms with Gasteiger partial charge < -0.3 is 10.1 Å². The number of benzene rings is 3. The third-order valence-electron chi connectivity index (χ3n) is 5.76. The lowest BCUT2D eigenvalue weighted by Crippen LogP contribution is -2.41. The van der Waals surface area contributed by atoms with Crippen molar-refractivity contribution in [3.63, 3.8) is 0 Å². The summed E-state index contributed by atoms with van der Waals surface area (Å²) >= 11 is 0. The minimum absolute atomic E-state index is 0.0515. The Morgan fingerprint density at radius 1 is 1.12 bits per heavy atom. The number of sulfonamides is 1. The van der Waals surface area contributed by atoms with E-state index >= 15 is 0 Å². The molecule has 0 fully saturated rings. The van der Waals surface area contributed by atoms with E-state index < -0.39 is 16.1 Å². The number of anilines is 1. The number of nitrogens with one attached hydrogen (secondary N) is 1. The van der Waals surface area contributed by atoms with Crippen LogP contribution >= 0.6 is 0 Å². The van der Waals surface area contributed by atoms with Crippen molar-refractivity contribution in [1.29, 1.82) is 5.26 Å². The number of hydrogen-bond donors (Lipinski definition) is 1. The van der Waals surface area contributed by atoms with Crippen LogP contribution in [0.4, 0.5) is 5.69 Å². The molecule has 0 bridgehead atoms. The first-order chi connectivity index (χ1) is 16.4. The van der Waals surface area contributed by atoms with E-state index in [4.69, 9.17) is 10.00 Å². The number of rotatable bonds is 7. The summed E-state index contributed by atoms with van der Waals surface area (Å²) < 4.78 is 34.1. The molecule has 1 N–H and O–H groups in total. The highest BCUT2D eigenvalue weighted by Gasteiger charge is 2.37. The monoisotopic (exact) mass is 475 g/mol. The van der Waals surface area contributed by atoms with Gasteiger partial charge in [-0.3, -0.25) is 4.79 Å². The molecule has 1 aliphatic rings. The fourth-order valence-corrected chi connectivity index (χ4v) is 5.80. The fourth-order valence-electron chi connectivity index (χ4n) is 4.19. The lowest BCUT2D eigenvalue weighted by Gasteiger charge is -2.36. The third-order valence-corrected chi connectivity index (χ3v) is 7.68. The predicted molar refractivity (Wildman–Crippen MR) is 129 cm³/mol. The van der Waals surface area contributed by atoms with Crippen LogP contribution in [0.5, 0.6) is 5.75 Å². The van der Waals surface area contributed by atoms with Crippen LogP contribution in [0.2, 0.25) is 0 Å². The molecule has 0 aromatic heterocycles. The van der Waals surface area contributed by atoms with E-state index in [1.165, 1.54) is 16.4 Å². The second-order valence-corrected chi connectivity index (χ2v) is 9.82. The largest absolute Gasteiger partial charge is 0.494 e. The second kappa shape index (κ2) is 10.1. The van der Waals surface area contributed by atoms with Crippen LogP contribution in [0.25, 0.3) is 0 Å². The molecule has 1 heterocycles. The Morgan fingerprint density at radius 3 is 2.62 bits per heavy atom. The highest BCUT2D eigenvalue weighted by molar-refractivity contribution is 7.89. The van der Waals surface area contributed by atoms with Gasteiger partial charge in [0.25, 0.3) is 0 Å². The van der Waals surface area contributed by atoms with Crippen LogP contribution in [0.1, 0.15) is 36.1 Å². The van der Waals surface area contributed by atoms with Crippen LogP contribution in [-0.4, -0.2) is 31.8 Å². The summed E-state index contributed by atoms with van der Waals surface area (Å²) in [5, 5.41) is 11.9. The highest BCUT2D eigenvalue weighted by atomic mass is 32.2. The van der Waals surface area contributed by atoms with Crippen LogP contribution in [-0.2, 0) is 21.2 Å². The molecule has 0 aliphatic carbocycles. The van der Waals surface area contributed by atoms with Gasteiger partial charge in [-0.2, -0.15) is 9.57 Å². The van der Waals surface area contributed by atoms with Crippen LogP contribution in [0.15, 0.2) is 77.7 Å². The first kappa shape index (κ1) is 23.5. The standard InChI is InChI=1S/C26H25N3O4S/c1-2-33-22-10-12-23(13-11-22)34(31,32)29-15-14-20-7-3-4-9-24(20)25(29)17-26(30)28-21-8-5-6-19(16-21)18-27/h3-13,16,25H,2,14-15,17H2,1H3,(H,28,30). The lowest BCUT2D eigenvalue weighted by molar-refractivity contribution is -0.117. The summed E-state index contributed by atoms with van der Waals surface area (Å²) in [6, 6.07) is 22.0. The van der Waals surface area contributed by atoms with Crippen molar-refractivity contribution >= 4 is 21.6 Å². The number of ether oxygens (including phenoxy) is 1. The van der Waals surface area contributed by atoms with Gasteiger partial charge in [-0.15, -0.1) is 0 Å². The molecular formula is C26H25N3O4S. The summed E-state index contributed by atoms with van der Waals surface area (Å²) in [5.74, 6) is 0.268. The first-order valence-corrected chi connectivity index (χ1v) is 12.5. The number of amides is 1. The van der Waals surface area contributed by atoms with Gasteiger partial charge in [0.15, 0.2) is 0 Å². The van der Waals surface area contributed by atoms with Crippen molar-refractivity contribution in [1.82, 2.24) is 4.31 Å². The topological polar surface area (TPSA) is 99.5 Å². The number of hydrogen-bond acceptors (Lipinski definition) is 5. The maximum Gasteiger partial charge on any atom is 0.243 e. The van der Waals surface area contributed by atoms with Crippen molar-refractivity contribution in [2.24, 2.45) is 0 Å². The zero-order chi connectivity index (χ0) is 24.1. The maximum absolute atomic E-state index is 13.6. The van der Waals surface area contributed by atoms with Gasteiger partial charge >= 0.3 is 0 Å². The van der Waals surface area contributed by atoms with Gasteiger partial charge in [0.05, 0.1) is 29.2 Å². The van der Waals surface area contributed by atoms with Gasteiger partial charge in [0.2, 0.25) is 15.9 Å². The predicted octanol–water partition coefficient (Wildman–Crippen LogP) is 4.27. The normalized spacial score (nSPS) is 15.7. The van der Waals surface area contributed by atoms with Crippen LogP contribution in [0.3, 0.4) is 0 Å². The molecule has 3 aromatic rings. The number of carbonyl (C=O) groups excluding carboxylic acids is 1. The fraction of sp³-hybridized carbons (Fsp3) is 0.231. The molecule has 3 aromatic carbocycles. The number of carbonyl (C=O) groups is 1. The first-order valence-electron chi connectivity index (χ1n) is 11.0. The molecule has 4 rings (SSSR count). The van der Waals surface area contributed by atoms with Crippen LogP contribution in [0, 0.1) is 11.3 Å². The van der Waals surface area contributed by atoms with Crippen molar-refractivity contribution < 1.29 is 17.9 Å². The molecule has 7 nitrogen and oxygen atoms in total. The van der Waals surface area contributed by atoms with Gasteiger partial charge in [0, 0.05) is 18.7 Å². The summed E-state index contributed by atoms with van der Waals surface area (Å²) in [4.78, 5) is 13.1. The number of nitriles is 1. The van der Waals surface area contributed by atoms with E-state index in [-0.39, 0.29) is 23.8 Å². The summed E-state index contributed by atoms with van der Waals surface area (Å²) in [7, 11) is -3.86.